The molecule has 0 radical (unpaired) electrons. The number of likely N-dealkylation sites (tertiary alicyclic amines) is 1. The third-order valence-corrected chi connectivity index (χ3v) is 6.32. The summed E-state index contributed by atoms with van der Waals surface area (Å²) in [5.74, 6) is 0.920. The quantitative estimate of drug-likeness (QED) is 0.642. The van der Waals surface area contributed by atoms with Gasteiger partial charge in [0, 0.05) is 54.4 Å². The predicted octanol–water partition coefficient (Wildman–Crippen LogP) is 4.79. The van der Waals surface area contributed by atoms with Crippen LogP contribution < -0.4 is 5.56 Å². The van der Waals surface area contributed by atoms with Crippen LogP contribution in [0.15, 0.2) is 71.5 Å². The summed E-state index contributed by atoms with van der Waals surface area (Å²) in [4.78, 5) is 15.2. The van der Waals surface area contributed by atoms with Gasteiger partial charge < -0.3 is 4.57 Å². The Labute approximate surface area is 170 Å². The second kappa shape index (κ2) is 7.23. The van der Waals surface area contributed by atoms with Crippen molar-refractivity contribution in [1.82, 2.24) is 9.47 Å². The molecule has 0 amide bonds. The van der Waals surface area contributed by atoms with Gasteiger partial charge in [0.2, 0.25) is 0 Å². The van der Waals surface area contributed by atoms with Gasteiger partial charge in [0.1, 0.15) is 0 Å². The highest BCUT2D eigenvalue weighted by atomic mass is 35.5. The van der Waals surface area contributed by atoms with Gasteiger partial charge in [-0.05, 0) is 41.7 Å². The average molecular weight is 391 g/mol. The van der Waals surface area contributed by atoms with E-state index in [0.717, 1.165) is 43.2 Å². The molecule has 0 spiro atoms. The van der Waals surface area contributed by atoms with E-state index >= 15 is 0 Å². The lowest BCUT2D eigenvalue weighted by molar-refractivity contribution is 0.115. The summed E-state index contributed by atoms with van der Waals surface area (Å²) in [5, 5.41) is 0.734. The summed E-state index contributed by atoms with van der Waals surface area (Å²) in [6, 6.07) is 22.3. The maximum Gasteiger partial charge on any atom is 0.250 e. The fraction of sp³-hybridized carbons (Fsp3) is 0.292. The van der Waals surface area contributed by atoms with Gasteiger partial charge in [0.15, 0.2) is 0 Å². The van der Waals surface area contributed by atoms with Crippen LogP contribution in [-0.4, -0.2) is 22.6 Å². The second-order valence-electron chi connectivity index (χ2n) is 8.07. The Kier molecular flexibility index (Phi) is 4.58. The fourth-order valence-corrected chi connectivity index (χ4v) is 5.08. The number of benzene rings is 2. The highest BCUT2D eigenvalue weighted by molar-refractivity contribution is 6.30. The summed E-state index contributed by atoms with van der Waals surface area (Å²) in [6.07, 6.45) is 1.16. The summed E-state index contributed by atoms with van der Waals surface area (Å²) in [5.41, 5.74) is 4.97. The Balaban J connectivity index is 1.51. The third-order valence-electron chi connectivity index (χ3n) is 6.07. The highest BCUT2D eigenvalue weighted by Gasteiger charge is 2.36. The van der Waals surface area contributed by atoms with Crippen molar-refractivity contribution >= 4 is 11.6 Å². The van der Waals surface area contributed by atoms with E-state index in [1.54, 1.807) is 6.07 Å². The van der Waals surface area contributed by atoms with Crippen LogP contribution in [0.2, 0.25) is 5.02 Å². The molecule has 1 saturated heterocycles. The van der Waals surface area contributed by atoms with Crippen molar-refractivity contribution in [3.05, 3.63) is 93.4 Å². The minimum Gasteiger partial charge on any atom is -0.311 e. The molecule has 2 atom stereocenters. The molecule has 28 heavy (non-hydrogen) atoms. The fourth-order valence-electron chi connectivity index (χ4n) is 4.96. The molecule has 1 fully saturated rings. The second-order valence-corrected chi connectivity index (χ2v) is 8.50. The zero-order valence-corrected chi connectivity index (χ0v) is 16.5. The number of fused-ring (bicyclic) bond motifs is 4. The molecule has 3 aromatic rings. The summed E-state index contributed by atoms with van der Waals surface area (Å²) < 4.78 is 2.03. The summed E-state index contributed by atoms with van der Waals surface area (Å²) in [6.45, 7) is 3.84. The first-order valence-electron chi connectivity index (χ1n) is 9.93. The SMILES string of the molecule is O=c1ccc(-c2ccc(Cl)cc2)c2n1C[C@H]1C[C@@H]2CN(Cc2ccccc2)C1. The molecule has 2 aromatic carbocycles. The van der Waals surface area contributed by atoms with Crippen molar-refractivity contribution < 1.29 is 0 Å². The van der Waals surface area contributed by atoms with E-state index in [4.69, 9.17) is 11.6 Å². The largest absolute Gasteiger partial charge is 0.311 e. The smallest absolute Gasteiger partial charge is 0.250 e. The first-order chi connectivity index (χ1) is 13.7. The van der Waals surface area contributed by atoms with Crippen LogP contribution in [0.1, 0.15) is 23.6 Å². The van der Waals surface area contributed by atoms with Crippen molar-refractivity contribution in [3.63, 3.8) is 0 Å². The lowest BCUT2D eigenvalue weighted by atomic mass is 9.80. The molecule has 0 aliphatic carbocycles. The van der Waals surface area contributed by atoms with E-state index in [0.29, 0.717) is 11.8 Å². The Morgan fingerprint density at radius 2 is 1.68 bits per heavy atom. The topological polar surface area (TPSA) is 25.2 Å². The number of rotatable bonds is 3. The van der Waals surface area contributed by atoms with Crippen molar-refractivity contribution in [2.75, 3.05) is 13.1 Å². The Hall–Kier alpha value is -2.36. The van der Waals surface area contributed by atoms with Crippen molar-refractivity contribution in [1.29, 1.82) is 0 Å². The molecule has 0 saturated carbocycles. The predicted molar refractivity (Wildman–Crippen MR) is 114 cm³/mol. The zero-order valence-electron chi connectivity index (χ0n) is 15.7. The van der Waals surface area contributed by atoms with Gasteiger partial charge in [0.05, 0.1) is 0 Å². The van der Waals surface area contributed by atoms with Gasteiger partial charge in [-0.15, -0.1) is 0 Å². The van der Waals surface area contributed by atoms with Gasteiger partial charge in [-0.1, -0.05) is 54.1 Å². The maximum atomic E-state index is 12.6. The van der Waals surface area contributed by atoms with Crippen LogP contribution in [0.5, 0.6) is 0 Å². The number of hydrogen-bond donors (Lipinski definition) is 0. The summed E-state index contributed by atoms with van der Waals surface area (Å²) >= 11 is 6.09. The maximum absolute atomic E-state index is 12.6. The molecule has 3 nitrogen and oxygen atoms in total. The monoisotopic (exact) mass is 390 g/mol. The molecule has 0 unspecified atom stereocenters. The zero-order chi connectivity index (χ0) is 19.1. The molecule has 0 N–H and O–H groups in total. The molecular formula is C24H23ClN2O. The highest BCUT2D eigenvalue weighted by Crippen LogP contribution is 2.40. The molecule has 2 aliphatic rings. The normalized spacial score (nSPS) is 21.3. The van der Waals surface area contributed by atoms with Gasteiger partial charge in [0.25, 0.3) is 5.56 Å². The molecule has 2 bridgehead atoms. The van der Waals surface area contributed by atoms with Crippen LogP contribution in [0, 0.1) is 5.92 Å². The first-order valence-corrected chi connectivity index (χ1v) is 10.3. The standard InChI is InChI=1S/C24H23ClN2O/c25-21-8-6-19(7-9-21)22-10-11-23(28)27-15-18-12-20(24(22)27)16-26(14-18)13-17-4-2-1-3-5-17/h1-11,18,20H,12-16H2/t18-,20+/m0/s1. The van der Waals surface area contributed by atoms with E-state index in [9.17, 15) is 4.79 Å². The molecule has 5 rings (SSSR count). The van der Waals surface area contributed by atoms with Gasteiger partial charge in [-0.2, -0.15) is 0 Å². The number of halogens is 1. The van der Waals surface area contributed by atoms with Crippen LogP contribution in [-0.2, 0) is 13.1 Å². The molecule has 3 heterocycles. The number of piperidine rings is 1. The number of hydrogen-bond acceptors (Lipinski definition) is 2. The minimum absolute atomic E-state index is 0.124. The van der Waals surface area contributed by atoms with E-state index < -0.39 is 0 Å². The molecule has 1 aromatic heterocycles. The van der Waals surface area contributed by atoms with E-state index in [-0.39, 0.29) is 5.56 Å². The van der Waals surface area contributed by atoms with Crippen molar-refractivity contribution in [2.24, 2.45) is 5.92 Å². The van der Waals surface area contributed by atoms with Gasteiger partial charge in [-0.25, -0.2) is 0 Å². The van der Waals surface area contributed by atoms with Gasteiger partial charge >= 0.3 is 0 Å². The lowest BCUT2D eigenvalue weighted by Gasteiger charge is -2.43. The average Bonchev–Trinajstić information content (AvgIpc) is 2.70. The molecular weight excluding hydrogens is 368 g/mol. The van der Waals surface area contributed by atoms with Crippen LogP contribution in [0.3, 0.4) is 0 Å². The lowest BCUT2D eigenvalue weighted by Crippen LogP contribution is -2.47. The molecule has 2 aliphatic heterocycles. The molecule has 4 heteroatoms. The Morgan fingerprint density at radius 3 is 2.46 bits per heavy atom. The summed E-state index contributed by atoms with van der Waals surface area (Å²) in [7, 11) is 0. The Morgan fingerprint density at radius 1 is 0.893 bits per heavy atom. The van der Waals surface area contributed by atoms with E-state index in [1.807, 2.05) is 22.8 Å². The van der Waals surface area contributed by atoms with Gasteiger partial charge in [-0.3, -0.25) is 9.69 Å². The Bertz CT molecular complexity index is 1040. The van der Waals surface area contributed by atoms with Crippen LogP contribution >= 0.6 is 11.6 Å². The minimum atomic E-state index is 0.124. The van der Waals surface area contributed by atoms with Crippen molar-refractivity contribution in [2.45, 2.75) is 25.4 Å². The van der Waals surface area contributed by atoms with E-state index in [1.165, 1.54) is 16.8 Å². The number of pyridine rings is 1. The third kappa shape index (κ3) is 3.30. The number of nitrogens with zero attached hydrogens (tertiary/aromatic N) is 2. The van der Waals surface area contributed by atoms with Crippen LogP contribution in [0.4, 0.5) is 0 Å². The first kappa shape index (κ1) is 17.7. The van der Waals surface area contributed by atoms with Crippen LogP contribution in [0.25, 0.3) is 11.1 Å². The number of aromatic nitrogens is 1. The van der Waals surface area contributed by atoms with E-state index in [2.05, 4.69) is 47.4 Å². The van der Waals surface area contributed by atoms with Crippen molar-refractivity contribution in [3.8, 4) is 11.1 Å². The molecule has 142 valence electrons.